The number of halogens is 3. The first kappa shape index (κ1) is 15.3. The average Bonchev–Trinajstić information content (AvgIpc) is 2.41. The zero-order valence-corrected chi connectivity index (χ0v) is 11.0. The van der Waals surface area contributed by atoms with Gasteiger partial charge in [0.25, 0.3) is 0 Å². The number of fused-ring (bicyclic) bond motifs is 1. The summed E-state index contributed by atoms with van der Waals surface area (Å²) in [5.74, 6) is -0.693. The number of nitrogens with one attached hydrogen (secondary N) is 1. The fraction of sp³-hybridized carbons (Fsp3) is 0.462. The molecule has 0 aliphatic carbocycles. The zero-order chi connectivity index (χ0) is 15.5. The van der Waals surface area contributed by atoms with Crippen LogP contribution in [0.3, 0.4) is 0 Å². The SMILES string of the molecule is O=CCCCOc1cc(C(F)(F)F)c2c(n1)NC(=O)CC2. The summed E-state index contributed by atoms with van der Waals surface area (Å²) in [6.45, 7) is 0.0791. The molecule has 8 heteroatoms. The summed E-state index contributed by atoms with van der Waals surface area (Å²) in [5, 5.41) is 2.33. The molecule has 0 fully saturated rings. The Hall–Kier alpha value is -2.12. The lowest BCUT2D eigenvalue weighted by molar-refractivity contribution is -0.138. The van der Waals surface area contributed by atoms with E-state index in [9.17, 15) is 22.8 Å². The number of hydrogen-bond donors (Lipinski definition) is 1. The average molecular weight is 302 g/mol. The zero-order valence-electron chi connectivity index (χ0n) is 11.0. The van der Waals surface area contributed by atoms with Crippen molar-refractivity contribution in [2.75, 3.05) is 11.9 Å². The molecule has 0 saturated heterocycles. The molecule has 1 aromatic rings. The van der Waals surface area contributed by atoms with Gasteiger partial charge in [-0.15, -0.1) is 0 Å². The summed E-state index contributed by atoms with van der Waals surface area (Å²) in [6.07, 6.45) is -3.21. The molecule has 0 aromatic carbocycles. The smallest absolute Gasteiger partial charge is 0.417 e. The molecule has 0 spiro atoms. The van der Waals surface area contributed by atoms with Gasteiger partial charge in [0, 0.05) is 24.5 Å². The molecule has 0 saturated carbocycles. The molecule has 2 heterocycles. The number of anilines is 1. The quantitative estimate of drug-likeness (QED) is 0.669. The minimum absolute atomic E-state index is 0.00268. The van der Waals surface area contributed by atoms with Crippen molar-refractivity contribution in [1.29, 1.82) is 0 Å². The maximum Gasteiger partial charge on any atom is 0.417 e. The van der Waals surface area contributed by atoms with Crippen LogP contribution in [0.1, 0.15) is 30.4 Å². The molecule has 2 rings (SSSR count). The summed E-state index contributed by atoms with van der Waals surface area (Å²) in [5.41, 5.74) is -0.875. The largest absolute Gasteiger partial charge is 0.478 e. The van der Waals surface area contributed by atoms with Crippen molar-refractivity contribution in [3.05, 3.63) is 17.2 Å². The minimum atomic E-state index is -4.55. The molecule has 5 nitrogen and oxygen atoms in total. The van der Waals surface area contributed by atoms with E-state index >= 15 is 0 Å². The van der Waals surface area contributed by atoms with Crippen molar-refractivity contribution in [3.63, 3.8) is 0 Å². The van der Waals surface area contributed by atoms with Crippen LogP contribution in [0.15, 0.2) is 6.07 Å². The molecule has 0 radical (unpaired) electrons. The van der Waals surface area contributed by atoms with Crippen LogP contribution in [0, 0.1) is 0 Å². The molecule has 1 aromatic heterocycles. The second-order valence-corrected chi connectivity index (χ2v) is 4.54. The number of unbranched alkanes of at least 4 members (excludes halogenated alkanes) is 1. The standard InChI is InChI=1S/C13H13F3N2O3/c14-13(15,16)9-7-11(21-6-2-1-5-19)18-12-8(9)3-4-10(20)17-12/h5,7H,1-4,6H2,(H,17,18,20). The van der Waals surface area contributed by atoms with Gasteiger partial charge in [0.2, 0.25) is 11.8 Å². The molecule has 1 aliphatic heterocycles. The van der Waals surface area contributed by atoms with E-state index < -0.39 is 11.7 Å². The van der Waals surface area contributed by atoms with Gasteiger partial charge in [-0.1, -0.05) is 0 Å². The van der Waals surface area contributed by atoms with Gasteiger partial charge in [-0.05, 0) is 12.8 Å². The van der Waals surface area contributed by atoms with Gasteiger partial charge in [0.1, 0.15) is 12.1 Å². The molecule has 0 atom stereocenters. The third-order valence-corrected chi connectivity index (χ3v) is 2.98. The fourth-order valence-electron chi connectivity index (χ4n) is 2.01. The Morgan fingerprint density at radius 3 is 2.81 bits per heavy atom. The van der Waals surface area contributed by atoms with Crippen molar-refractivity contribution in [2.45, 2.75) is 31.9 Å². The van der Waals surface area contributed by atoms with Gasteiger partial charge < -0.3 is 14.8 Å². The molecular formula is C13H13F3N2O3. The number of rotatable bonds is 5. The first-order valence-electron chi connectivity index (χ1n) is 6.39. The van der Waals surface area contributed by atoms with E-state index in [2.05, 4.69) is 10.3 Å². The van der Waals surface area contributed by atoms with E-state index in [1.54, 1.807) is 0 Å². The Kier molecular flexibility index (Phi) is 4.44. The molecule has 0 unspecified atom stereocenters. The maximum absolute atomic E-state index is 13.1. The van der Waals surface area contributed by atoms with Crippen LogP contribution in [0.25, 0.3) is 0 Å². The number of carbonyl (C=O) groups is 2. The summed E-state index contributed by atoms with van der Waals surface area (Å²) >= 11 is 0. The van der Waals surface area contributed by atoms with Crippen molar-refractivity contribution >= 4 is 18.0 Å². The third-order valence-electron chi connectivity index (χ3n) is 2.98. The Bertz CT molecular complexity index is 558. The summed E-state index contributed by atoms with van der Waals surface area (Å²) in [4.78, 5) is 25.3. The molecule has 1 aliphatic rings. The first-order valence-corrected chi connectivity index (χ1v) is 6.39. The number of carbonyl (C=O) groups excluding carboxylic acids is 2. The minimum Gasteiger partial charge on any atom is -0.478 e. The van der Waals surface area contributed by atoms with Crippen molar-refractivity contribution in [2.24, 2.45) is 0 Å². The normalized spacial score (nSPS) is 14.3. The van der Waals surface area contributed by atoms with Crippen molar-refractivity contribution < 1.29 is 27.5 Å². The number of ether oxygens (including phenoxy) is 1. The van der Waals surface area contributed by atoms with Gasteiger partial charge in [-0.25, -0.2) is 0 Å². The Morgan fingerprint density at radius 2 is 2.14 bits per heavy atom. The number of alkyl halides is 3. The third kappa shape index (κ3) is 3.71. The van der Waals surface area contributed by atoms with E-state index in [1.165, 1.54) is 0 Å². The van der Waals surface area contributed by atoms with E-state index in [0.29, 0.717) is 12.7 Å². The van der Waals surface area contributed by atoms with Crippen LogP contribution in [0.4, 0.5) is 19.0 Å². The highest BCUT2D eigenvalue weighted by Gasteiger charge is 2.37. The molecule has 0 bridgehead atoms. The van der Waals surface area contributed by atoms with Gasteiger partial charge in [-0.2, -0.15) is 18.2 Å². The topological polar surface area (TPSA) is 68.3 Å². The van der Waals surface area contributed by atoms with Crippen molar-refractivity contribution in [3.8, 4) is 5.88 Å². The molecule has 1 amide bonds. The molecule has 21 heavy (non-hydrogen) atoms. The Morgan fingerprint density at radius 1 is 1.38 bits per heavy atom. The second-order valence-electron chi connectivity index (χ2n) is 4.54. The van der Waals surface area contributed by atoms with E-state index in [4.69, 9.17) is 4.74 Å². The second kappa shape index (κ2) is 6.11. The van der Waals surface area contributed by atoms with Gasteiger partial charge in [0.15, 0.2) is 0 Å². The number of aromatic nitrogens is 1. The summed E-state index contributed by atoms with van der Waals surface area (Å²) in [7, 11) is 0. The highest BCUT2D eigenvalue weighted by molar-refractivity contribution is 5.93. The summed E-state index contributed by atoms with van der Waals surface area (Å²) < 4.78 is 44.3. The highest BCUT2D eigenvalue weighted by atomic mass is 19.4. The van der Waals surface area contributed by atoms with Crippen LogP contribution in [0.5, 0.6) is 5.88 Å². The molecule has 114 valence electrons. The van der Waals surface area contributed by atoms with Crippen molar-refractivity contribution in [1.82, 2.24) is 4.98 Å². The van der Waals surface area contributed by atoms with E-state index in [1.807, 2.05) is 0 Å². The number of aldehydes is 1. The van der Waals surface area contributed by atoms with Crippen LogP contribution < -0.4 is 10.1 Å². The van der Waals surface area contributed by atoms with E-state index in [0.717, 1.165) is 6.07 Å². The van der Waals surface area contributed by atoms with Crippen LogP contribution in [-0.4, -0.2) is 23.8 Å². The monoisotopic (exact) mass is 302 g/mol. The predicted octanol–water partition coefficient (Wildman–Crippen LogP) is 2.34. The number of pyridine rings is 1. The fourth-order valence-corrected chi connectivity index (χ4v) is 2.01. The van der Waals surface area contributed by atoms with Crippen LogP contribution >= 0.6 is 0 Å². The van der Waals surface area contributed by atoms with Crippen LogP contribution in [0.2, 0.25) is 0 Å². The van der Waals surface area contributed by atoms with E-state index in [-0.39, 0.29) is 49.0 Å². The number of hydrogen-bond acceptors (Lipinski definition) is 4. The highest BCUT2D eigenvalue weighted by Crippen LogP contribution is 2.38. The summed E-state index contributed by atoms with van der Waals surface area (Å²) in [6, 6.07) is 0.831. The van der Waals surface area contributed by atoms with Gasteiger partial charge in [0.05, 0.1) is 12.2 Å². The molecule has 1 N–H and O–H groups in total. The van der Waals surface area contributed by atoms with Crippen LogP contribution in [-0.2, 0) is 22.2 Å². The molecular weight excluding hydrogens is 289 g/mol. The Labute approximate surface area is 118 Å². The Balaban J connectivity index is 2.28. The van der Waals surface area contributed by atoms with Gasteiger partial charge in [-0.3, -0.25) is 4.79 Å². The van der Waals surface area contributed by atoms with Gasteiger partial charge >= 0.3 is 6.18 Å². The number of nitrogens with zero attached hydrogens (tertiary/aromatic N) is 1. The lowest BCUT2D eigenvalue weighted by atomic mass is 10.0. The lowest BCUT2D eigenvalue weighted by Gasteiger charge is -2.21. The maximum atomic E-state index is 13.1. The predicted molar refractivity (Wildman–Crippen MR) is 67.0 cm³/mol. The lowest BCUT2D eigenvalue weighted by Crippen LogP contribution is -2.24. The first-order chi connectivity index (χ1) is 9.91. The number of amides is 1.